The molecule has 0 aliphatic rings. The maximum absolute atomic E-state index is 12.9. The molecule has 0 amide bonds. The molecule has 1 aromatic carbocycles. The van der Waals surface area contributed by atoms with Crippen molar-refractivity contribution in [2.24, 2.45) is 5.73 Å². The van der Waals surface area contributed by atoms with Gasteiger partial charge in [-0.1, -0.05) is 17.7 Å². The van der Waals surface area contributed by atoms with Gasteiger partial charge < -0.3 is 10.5 Å². The minimum absolute atomic E-state index is 0.224. The first-order valence-corrected chi connectivity index (χ1v) is 6.80. The maximum atomic E-state index is 12.9. The molecule has 0 bridgehead atoms. The zero-order chi connectivity index (χ0) is 15.5. The molecule has 1 heterocycles. The molecule has 0 atom stereocenters. The van der Waals surface area contributed by atoms with Crippen LogP contribution in [0.3, 0.4) is 0 Å². The van der Waals surface area contributed by atoms with Crippen LogP contribution in [0, 0.1) is 0 Å². The Morgan fingerprint density at radius 2 is 2.14 bits per heavy atom. The predicted octanol–water partition coefficient (Wildman–Crippen LogP) is 3.20. The molecule has 0 unspecified atom stereocenters. The third-order valence-corrected chi connectivity index (χ3v) is 3.05. The number of nitrogens with zero attached hydrogens (tertiary/aromatic N) is 2. The smallest absolute Gasteiger partial charge is 0.278 e. The minimum atomic E-state index is -2.91. The van der Waals surface area contributed by atoms with E-state index in [0.29, 0.717) is 13.1 Å². The number of halogens is 3. The second-order valence-corrected chi connectivity index (χ2v) is 5.19. The van der Waals surface area contributed by atoms with Gasteiger partial charge in [0.05, 0.1) is 17.8 Å². The Bertz CT molecular complexity index is 611. The fourth-order valence-electron chi connectivity index (χ4n) is 1.77. The Balaban J connectivity index is 2.20. The van der Waals surface area contributed by atoms with Crippen molar-refractivity contribution in [3.05, 3.63) is 35.6 Å². The minimum Gasteiger partial charge on any atom is -0.486 e. The van der Waals surface area contributed by atoms with Gasteiger partial charge in [0, 0.05) is 25.2 Å². The Morgan fingerprint density at radius 3 is 2.81 bits per heavy atom. The summed E-state index contributed by atoms with van der Waals surface area (Å²) in [6.07, 6.45) is 3.51. The average molecular weight is 316 g/mol. The van der Waals surface area contributed by atoms with Crippen LogP contribution in [0.2, 0.25) is 5.02 Å². The lowest BCUT2D eigenvalue weighted by molar-refractivity contribution is -0.0229. The molecule has 0 aliphatic carbocycles. The van der Waals surface area contributed by atoms with Gasteiger partial charge in [-0.2, -0.15) is 5.10 Å². The van der Waals surface area contributed by atoms with E-state index in [1.807, 2.05) is 6.20 Å². The van der Waals surface area contributed by atoms with E-state index in [0.717, 1.165) is 18.1 Å². The molecule has 4 nitrogen and oxygen atoms in total. The number of nitrogens with two attached hydrogens (primary N) is 1. The number of hydrogen-bond acceptors (Lipinski definition) is 3. The summed E-state index contributed by atoms with van der Waals surface area (Å²) in [5.41, 5.74) is 7.09. The van der Waals surface area contributed by atoms with E-state index in [2.05, 4.69) is 5.10 Å². The van der Waals surface area contributed by atoms with Crippen LogP contribution in [0.5, 0.6) is 5.75 Å². The number of ether oxygens (including phenoxy) is 1. The van der Waals surface area contributed by atoms with Crippen LogP contribution in [0.25, 0.3) is 11.1 Å². The van der Waals surface area contributed by atoms with Crippen LogP contribution < -0.4 is 10.5 Å². The number of benzene rings is 1. The molecule has 0 saturated heterocycles. The average Bonchev–Trinajstić information content (AvgIpc) is 2.86. The quantitative estimate of drug-likeness (QED) is 0.890. The first-order chi connectivity index (χ1) is 9.89. The zero-order valence-electron chi connectivity index (χ0n) is 11.5. The molecule has 7 heteroatoms. The van der Waals surface area contributed by atoms with Gasteiger partial charge >= 0.3 is 0 Å². The van der Waals surface area contributed by atoms with Gasteiger partial charge in [0.1, 0.15) is 5.75 Å². The summed E-state index contributed by atoms with van der Waals surface area (Å²) in [5, 5.41) is 4.45. The molecule has 2 aromatic rings. The lowest BCUT2D eigenvalue weighted by Crippen LogP contribution is -2.21. The van der Waals surface area contributed by atoms with Crippen molar-refractivity contribution in [2.45, 2.75) is 19.4 Å². The van der Waals surface area contributed by atoms with Crippen LogP contribution in [0.4, 0.5) is 8.78 Å². The van der Waals surface area contributed by atoms with Crippen molar-refractivity contribution >= 4 is 11.6 Å². The Morgan fingerprint density at radius 1 is 1.38 bits per heavy atom. The van der Waals surface area contributed by atoms with Crippen LogP contribution in [-0.2, 0) is 6.54 Å². The van der Waals surface area contributed by atoms with Gasteiger partial charge in [-0.05, 0) is 17.7 Å². The number of aromatic nitrogens is 2. The Kier molecular flexibility index (Phi) is 4.80. The van der Waals surface area contributed by atoms with E-state index in [1.54, 1.807) is 29.1 Å². The summed E-state index contributed by atoms with van der Waals surface area (Å²) in [5.74, 6) is -2.69. The Hall–Kier alpha value is -1.66. The van der Waals surface area contributed by atoms with Crippen molar-refractivity contribution in [1.29, 1.82) is 0 Å². The molecule has 0 aliphatic heterocycles. The number of hydrogen-bond donors (Lipinski definition) is 1. The first kappa shape index (κ1) is 15.7. The van der Waals surface area contributed by atoms with Crippen molar-refractivity contribution in [1.82, 2.24) is 9.78 Å². The molecular weight excluding hydrogens is 300 g/mol. The molecule has 21 heavy (non-hydrogen) atoms. The second kappa shape index (κ2) is 6.41. The molecule has 0 saturated carbocycles. The van der Waals surface area contributed by atoms with Crippen molar-refractivity contribution in [3.8, 4) is 16.9 Å². The van der Waals surface area contributed by atoms with Gasteiger partial charge in [0.25, 0.3) is 5.92 Å². The lowest BCUT2D eigenvalue weighted by Gasteiger charge is -2.13. The van der Waals surface area contributed by atoms with Gasteiger partial charge in [0.2, 0.25) is 0 Å². The fraction of sp³-hybridized carbons (Fsp3) is 0.357. The third kappa shape index (κ3) is 4.41. The molecule has 114 valence electrons. The summed E-state index contributed by atoms with van der Waals surface area (Å²) in [7, 11) is 0. The normalized spacial score (nSPS) is 11.7. The molecule has 0 radical (unpaired) electrons. The number of rotatable bonds is 6. The van der Waals surface area contributed by atoms with Crippen LogP contribution in [-0.4, -0.2) is 28.9 Å². The lowest BCUT2D eigenvalue weighted by atomic mass is 10.1. The van der Waals surface area contributed by atoms with E-state index in [1.165, 1.54) is 0 Å². The molecule has 2 N–H and O–H groups in total. The van der Waals surface area contributed by atoms with Crippen molar-refractivity contribution < 1.29 is 13.5 Å². The summed E-state index contributed by atoms with van der Waals surface area (Å²) in [4.78, 5) is 0. The highest BCUT2D eigenvalue weighted by Crippen LogP contribution is 2.31. The highest BCUT2D eigenvalue weighted by Gasteiger charge is 2.22. The van der Waals surface area contributed by atoms with Crippen LogP contribution in [0.15, 0.2) is 30.6 Å². The molecule has 0 fully saturated rings. The fourth-order valence-corrected chi connectivity index (χ4v) is 1.94. The maximum Gasteiger partial charge on any atom is 0.278 e. The Labute approximate surface area is 126 Å². The van der Waals surface area contributed by atoms with E-state index in [4.69, 9.17) is 22.1 Å². The SMILES string of the molecule is CC(F)(F)COc1cc(-c2cnn(CCN)c2)ccc1Cl. The standard InChI is InChI=1S/C14H16ClF2N3O/c1-14(16,17)9-21-13-6-10(2-3-12(13)15)11-7-19-20(8-11)5-4-18/h2-3,6-8H,4-5,9,18H2,1H3. The highest BCUT2D eigenvalue weighted by molar-refractivity contribution is 6.32. The first-order valence-electron chi connectivity index (χ1n) is 6.42. The largest absolute Gasteiger partial charge is 0.486 e. The zero-order valence-corrected chi connectivity index (χ0v) is 12.3. The van der Waals surface area contributed by atoms with Gasteiger partial charge in [-0.25, -0.2) is 8.78 Å². The number of alkyl halides is 2. The van der Waals surface area contributed by atoms with Crippen LogP contribution >= 0.6 is 11.6 Å². The van der Waals surface area contributed by atoms with E-state index < -0.39 is 12.5 Å². The topological polar surface area (TPSA) is 53.1 Å². The summed E-state index contributed by atoms with van der Waals surface area (Å²) < 4.78 is 32.5. The summed E-state index contributed by atoms with van der Waals surface area (Å²) >= 11 is 5.96. The molecule has 0 spiro atoms. The summed E-state index contributed by atoms with van der Waals surface area (Å²) in [6.45, 7) is 1.17. The van der Waals surface area contributed by atoms with Crippen molar-refractivity contribution in [2.75, 3.05) is 13.2 Å². The highest BCUT2D eigenvalue weighted by atomic mass is 35.5. The van der Waals surface area contributed by atoms with E-state index in [-0.39, 0.29) is 10.8 Å². The summed E-state index contributed by atoms with van der Waals surface area (Å²) in [6, 6.07) is 5.02. The molecule has 1 aromatic heterocycles. The second-order valence-electron chi connectivity index (χ2n) is 4.78. The molecular formula is C14H16ClF2N3O. The van der Waals surface area contributed by atoms with Crippen molar-refractivity contribution in [3.63, 3.8) is 0 Å². The van der Waals surface area contributed by atoms with E-state index >= 15 is 0 Å². The van der Waals surface area contributed by atoms with Crippen LogP contribution in [0.1, 0.15) is 6.92 Å². The predicted molar refractivity (Wildman–Crippen MR) is 77.8 cm³/mol. The van der Waals surface area contributed by atoms with Gasteiger partial charge in [-0.3, -0.25) is 4.68 Å². The van der Waals surface area contributed by atoms with Gasteiger partial charge in [-0.15, -0.1) is 0 Å². The molecule has 2 rings (SSSR count). The van der Waals surface area contributed by atoms with E-state index in [9.17, 15) is 8.78 Å². The monoisotopic (exact) mass is 315 g/mol. The third-order valence-electron chi connectivity index (χ3n) is 2.74. The van der Waals surface area contributed by atoms with Gasteiger partial charge in [0.15, 0.2) is 6.61 Å².